The molecule has 4 heteroatoms. The van der Waals surface area contributed by atoms with Crippen LogP contribution in [0.5, 0.6) is 0 Å². The Balaban J connectivity index is 2.67. The van der Waals surface area contributed by atoms with Crippen LogP contribution < -0.4 is 5.32 Å². The fraction of sp³-hybridized carbons (Fsp3) is 0.412. The maximum Gasteiger partial charge on any atom is 0.328 e. The average molecular weight is 289 g/mol. The second-order valence-electron chi connectivity index (χ2n) is 4.87. The van der Waals surface area contributed by atoms with Gasteiger partial charge in [0, 0.05) is 6.08 Å². The zero-order valence-corrected chi connectivity index (χ0v) is 12.8. The number of rotatable bonds is 7. The molecule has 0 unspecified atom stereocenters. The Hall–Kier alpha value is -2.10. The predicted octanol–water partition coefficient (Wildman–Crippen LogP) is 2.79. The molecule has 0 fully saturated rings. The molecule has 0 saturated carbocycles. The largest absolute Gasteiger partial charge is 0.464 e. The van der Waals surface area contributed by atoms with Gasteiger partial charge < -0.3 is 10.1 Å². The molecule has 21 heavy (non-hydrogen) atoms. The molecule has 1 aromatic rings. The molecule has 2 atom stereocenters. The number of carbonyl (C=O) groups is 2. The lowest BCUT2D eigenvalue weighted by Crippen LogP contribution is -2.45. The summed E-state index contributed by atoms with van der Waals surface area (Å²) in [7, 11) is 0. The van der Waals surface area contributed by atoms with Gasteiger partial charge in [-0.1, -0.05) is 50.6 Å². The zero-order valence-electron chi connectivity index (χ0n) is 12.8. The summed E-state index contributed by atoms with van der Waals surface area (Å²) in [4.78, 5) is 23.8. The van der Waals surface area contributed by atoms with E-state index < -0.39 is 6.04 Å². The third-order valence-electron chi connectivity index (χ3n) is 3.28. The maximum atomic E-state index is 12.0. The van der Waals surface area contributed by atoms with E-state index in [4.69, 9.17) is 4.74 Å². The van der Waals surface area contributed by atoms with Crippen LogP contribution in [0.2, 0.25) is 0 Å². The Kier molecular flexibility index (Phi) is 7.23. The van der Waals surface area contributed by atoms with Crippen LogP contribution >= 0.6 is 0 Å². The minimum absolute atomic E-state index is 0.0260. The number of hydrogen-bond acceptors (Lipinski definition) is 3. The monoisotopic (exact) mass is 289 g/mol. The molecule has 1 N–H and O–H groups in total. The minimum Gasteiger partial charge on any atom is -0.464 e. The van der Waals surface area contributed by atoms with E-state index in [1.807, 2.05) is 44.2 Å². The van der Waals surface area contributed by atoms with Crippen molar-refractivity contribution in [2.24, 2.45) is 5.92 Å². The van der Waals surface area contributed by atoms with Crippen molar-refractivity contribution in [3.05, 3.63) is 42.0 Å². The molecule has 0 aromatic heterocycles. The van der Waals surface area contributed by atoms with Gasteiger partial charge in [-0.15, -0.1) is 0 Å². The first-order valence-corrected chi connectivity index (χ1v) is 7.28. The van der Waals surface area contributed by atoms with Crippen LogP contribution in [0.4, 0.5) is 0 Å². The third kappa shape index (κ3) is 5.81. The van der Waals surface area contributed by atoms with Crippen molar-refractivity contribution in [1.82, 2.24) is 5.32 Å². The molecule has 0 aliphatic carbocycles. The second-order valence-corrected chi connectivity index (χ2v) is 4.87. The van der Waals surface area contributed by atoms with Crippen LogP contribution in [0, 0.1) is 5.92 Å². The van der Waals surface area contributed by atoms with Gasteiger partial charge in [0.15, 0.2) is 0 Å². The molecule has 0 bridgehead atoms. The van der Waals surface area contributed by atoms with E-state index in [0.717, 1.165) is 12.0 Å². The van der Waals surface area contributed by atoms with Gasteiger partial charge in [0.1, 0.15) is 6.04 Å². The van der Waals surface area contributed by atoms with E-state index >= 15 is 0 Å². The molecule has 0 aliphatic rings. The van der Waals surface area contributed by atoms with E-state index in [2.05, 4.69) is 5.32 Å². The molecule has 4 nitrogen and oxygen atoms in total. The van der Waals surface area contributed by atoms with Gasteiger partial charge in [-0.05, 0) is 24.5 Å². The number of hydrogen-bond donors (Lipinski definition) is 1. The van der Waals surface area contributed by atoms with Crippen molar-refractivity contribution in [1.29, 1.82) is 0 Å². The number of carbonyl (C=O) groups excluding carboxylic acids is 2. The first kappa shape index (κ1) is 17.0. The lowest BCUT2D eigenvalue weighted by Gasteiger charge is -2.21. The molecule has 0 saturated heterocycles. The molecule has 0 radical (unpaired) electrons. The first-order valence-electron chi connectivity index (χ1n) is 7.28. The highest BCUT2D eigenvalue weighted by Gasteiger charge is 2.26. The number of ether oxygens (including phenoxy) is 1. The van der Waals surface area contributed by atoms with Crippen LogP contribution in [0.3, 0.4) is 0 Å². The molecular formula is C17H23NO3. The van der Waals surface area contributed by atoms with Crippen molar-refractivity contribution in [2.45, 2.75) is 33.2 Å². The molecule has 1 amide bonds. The first-order chi connectivity index (χ1) is 10.1. The summed E-state index contributed by atoms with van der Waals surface area (Å²) in [6.07, 6.45) is 3.93. The lowest BCUT2D eigenvalue weighted by molar-refractivity contribution is -0.148. The standard InChI is InChI=1S/C17H23NO3/c1-4-13(3)16(17(20)21-5-2)18-15(19)12-11-14-9-7-6-8-10-14/h6-13,16H,4-5H2,1-3H3,(H,18,19)/b12-11+/t13-,16-/m0/s1. The summed E-state index contributed by atoms with van der Waals surface area (Å²) in [5.41, 5.74) is 0.934. The predicted molar refractivity (Wildman–Crippen MR) is 83.5 cm³/mol. The minimum atomic E-state index is -0.608. The summed E-state index contributed by atoms with van der Waals surface area (Å²) in [6.45, 7) is 5.95. The van der Waals surface area contributed by atoms with Gasteiger partial charge in [0.2, 0.25) is 5.91 Å². The quantitative estimate of drug-likeness (QED) is 0.620. The van der Waals surface area contributed by atoms with E-state index in [1.165, 1.54) is 6.08 Å². The Morgan fingerprint density at radius 3 is 2.48 bits per heavy atom. The highest BCUT2D eigenvalue weighted by molar-refractivity contribution is 5.94. The fourth-order valence-electron chi connectivity index (χ4n) is 1.84. The highest BCUT2D eigenvalue weighted by Crippen LogP contribution is 2.10. The molecule has 114 valence electrons. The third-order valence-corrected chi connectivity index (χ3v) is 3.28. The molecule has 1 rings (SSSR count). The molecular weight excluding hydrogens is 266 g/mol. The summed E-state index contributed by atoms with van der Waals surface area (Å²) >= 11 is 0. The number of nitrogens with one attached hydrogen (secondary N) is 1. The SMILES string of the molecule is CCOC(=O)[C@@H](NC(=O)/C=C/c1ccccc1)[C@@H](C)CC. The fourth-order valence-corrected chi connectivity index (χ4v) is 1.84. The molecule has 0 heterocycles. The smallest absolute Gasteiger partial charge is 0.328 e. The Morgan fingerprint density at radius 1 is 1.24 bits per heavy atom. The van der Waals surface area contributed by atoms with Crippen molar-refractivity contribution in [3.63, 3.8) is 0 Å². The van der Waals surface area contributed by atoms with Gasteiger partial charge in [0.05, 0.1) is 6.61 Å². The summed E-state index contributed by atoms with van der Waals surface area (Å²) in [5.74, 6) is -0.649. The van der Waals surface area contributed by atoms with Crippen molar-refractivity contribution in [3.8, 4) is 0 Å². The normalized spacial score (nSPS) is 13.7. The van der Waals surface area contributed by atoms with Crippen LogP contribution in [0.25, 0.3) is 6.08 Å². The Bertz CT molecular complexity index is 482. The van der Waals surface area contributed by atoms with Crippen LogP contribution in [0.1, 0.15) is 32.8 Å². The van der Waals surface area contributed by atoms with E-state index in [-0.39, 0.29) is 17.8 Å². The molecule has 0 spiro atoms. The second kappa shape index (κ2) is 8.95. The van der Waals surface area contributed by atoms with Crippen molar-refractivity contribution >= 4 is 18.0 Å². The van der Waals surface area contributed by atoms with Crippen molar-refractivity contribution < 1.29 is 14.3 Å². The lowest BCUT2D eigenvalue weighted by atomic mass is 9.99. The highest BCUT2D eigenvalue weighted by atomic mass is 16.5. The van der Waals surface area contributed by atoms with Gasteiger partial charge >= 0.3 is 5.97 Å². The van der Waals surface area contributed by atoms with Crippen LogP contribution in [-0.2, 0) is 14.3 Å². The van der Waals surface area contributed by atoms with Crippen LogP contribution in [0.15, 0.2) is 36.4 Å². The van der Waals surface area contributed by atoms with Crippen molar-refractivity contribution in [2.75, 3.05) is 6.61 Å². The maximum absolute atomic E-state index is 12.0. The topological polar surface area (TPSA) is 55.4 Å². The average Bonchev–Trinajstić information content (AvgIpc) is 2.51. The zero-order chi connectivity index (χ0) is 15.7. The summed E-state index contributed by atoms with van der Waals surface area (Å²) < 4.78 is 5.01. The Labute approximate surface area is 126 Å². The van der Waals surface area contributed by atoms with Gasteiger partial charge in [-0.25, -0.2) is 4.79 Å². The van der Waals surface area contributed by atoms with Gasteiger partial charge in [0.25, 0.3) is 0 Å². The van der Waals surface area contributed by atoms with E-state index in [0.29, 0.717) is 6.61 Å². The summed E-state index contributed by atoms with van der Waals surface area (Å²) in [5, 5.41) is 2.72. The summed E-state index contributed by atoms with van der Waals surface area (Å²) in [6, 6.07) is 8.92. The van der Waals surface area contributed by atoms with Crippen LogP contribution in [-0.4, -0.2) is 24.5 Å². The van der Waals surface area contributed by atoms with Gasteiger partial charge in [-0.3, -0.25) is 4.79 Å². The van der Waals surface area contributed by atoms with E-state index in [9.17, 15) is 9.59 Å². The van der Waals surface area contributed by atoms with E-state index in [1.54, 1.807) is 13.0 Å². The number of amides is 1. The Morgan fingerprint density at radius 2 is 1.90 bits per heavy atom. The number of benzene rings is 1. The molecule has 0 aliphatic heterocycles. The number of esters is 1. The molecule has 1 aromatic carbocycles. The van der Waals surface area contributed by atoms with Gasteiger partial charge in [-0.2, -0.15) is 0 Å².